The summed E-state index contributed by atoms with van der Waals surface area (Å²) in [6, 6.07) is 8.14. The standard InChI is InChI=1S/C14H15N7S/c1-9-4-2-3-5-10(9)21-7-6-17-14(21)22-8-11-18-12(15)20-13(16)19-11/h2-7H,8H2,1H3,(H4,15,16,18,19,20). The molecule has 8 heteroatoms. The molecule has 0 aliphatic rings. The van der Waals surface area contributed by atoms with E-state index in [-0.39, 0.29) is 11.9 Å². The van der Waals surface area contributed by atoms with Crippen LogP contribution < -0.4 is 11.5 Å². The molecule has 0 bridgehead atoms. The molecule has 3 aromatic rings. The maximum atomic E-state index is 5.58. The molecule has 112 valence electrons. The molecule has 0 radical (unpaired) electrons. The van der Waals surface area contributed by atoms with E-state index < -0.39 is 0 Å². The Labute approximate surface area is 131 Å². The molecule has 0 unspecified atom stereocenters. The fourth-order valence-electron chi connectivity index (χ4n) is 2.06. The number of anilines is 2. The van der Waals surface area contributed by atoms with Crippen LogP contribution in [0.15, 0.2) is 41.8 Å². The van der Waals surface area contributed by atoms with Crippen molar-refractivity contribution in [3.8, 4) is 5.69 Å². The Morgan fingerprint density at radius 1 is 1.09 bits per heavy atom. The smallest absolute Gasteiger partial charge is 0.225 e. The molecule has 22 heavy (non-hydrogen) atoms. The maximum Gasteiger partial charge on any atom is 0.225 e. The van der Waals surface area contributed by atoms with Gasteiger partial charge in [-0.05, 0) is 18.6 Å². The van der Waals surface area contributed by atoms with Crippen molar-refractivity contribution in [2.45, 2.75) is 17.8 Å². The molecule has 0 saturated carbocycles. The van der Waals surface area contributed by atoms with Crippen LogP contribution in [-0.4, -0.2) is 24.5 Å². The summed E-state index contributed by atoms with van der Waals surface area (Å²) in [4.78, 5) is 16.3. The molecule has 4 N–H and O–H groups in total. The Kier molecular flexibility index (Phi) is 3.92. The molecule has 2 aromatic heterocycles. The lowest BCUT2D eigenvalue weighted by atomic mass is 10.2. The summed E-state index contributed by atoms with van der Waals surface area (Å²) in [7, 11) is 0. The van der Waals surface area contributed by atoms with Crippen molar-refractivity contribution in [3.63, 3.8) is 0 Å². The molecule has 0 fully saturated rings. The lowest BCUT2D eigenvalue weighted by Gasteiger charge is -2.10. The summed E-state index contributed by atoms with van der Waals surface area (Å²) in [6.45, 7) is 2.07. The zero-order valence-electron chi connectivity index (χ0n) is 12.0. The molecule has 1 aromatic carbocycles. The maximum absolute atomic E-state index is 5.58. The summed E-state index contributed by atoms with van der Waals surface area (Å²) < 4.78 is 2.04. The van der Waals surface area contributed by atoms with E-state index in [1.807, 2.05) is 22.9 Å². The van der Waals surface area contributed by atoms with Crippen LogP contribution in [0.4, 0.5) is 11.9 Å². The van der Waals surface area contributed by atoms with Crippen molar-refractivity contribution in [2.75, 3.05) is 11.5 Å². The van der Waals surface area contributed by atoms with Gasteiger partial charge in [-0.15, -0.1) is 0 Å². The second kappa shape index (κ2) is 6.02. The summed E-state index contributed by atoms with van der Waals surface area (Å²) >= 11 is 1.52. The van der Waals surface area contributed by atoms with Crippen LogP contribution >= 0.6 is 11.8 Å². The van der Waals surface area contributed by atoms with Crippen molar-refractivity contribution in [1.82, 2.24) is 24.5 Å². The van der Waals surface area contributed by atoms with E-state index in [0.29, 0.717) is 11.6 Å². The van der Waals surface area contributed by atoms with Crippen LogP contribution in [0.3, 0.4) is 0 Å². The number of imidazole rings is 1. The number of hydrogen-bond acceptors (Lipinski definition) is 7. The first kappa shape index (κ1) is 14.3. The predicted octanol–water partition coefficient (Wildman–Crippen LogP) is 1.82. The fourth-order valence-corrected chi connectivity index (χ4v) is 2.89. The van der Waals surface area contributed by atoms with Gasteiger partial charge in [0.1, 0.15) is 5.82 Å². The lowest BCUT2D eigenvalue weighted by molar-refractivity contribution is 0.884. The molecule has 0 saturated heterocycles. The van der Waals surface area contributed by atoms with E-state index in [4.69, 9.17) is 11.5 Å². The third-order valence-corrected chi connectivity index (χ3v) is 3.99. The van der Waals surface area contributed by atoms with E-state index >= 15 is 0 Å². The number of nitrogen functional groups attached to an aromatic ring is 2. The van der Waals surface area contributed by atoms with Gasteiger partial charge in [0.05, 0.1) is 11.4 Å². The van der Waals surface area contributed by atoms with Gasteiger partial charge in [-0.2, -0.15) is 15.0 Å². The van der Waals surface area contributed by atoms with Gasteiger partial charge < -0.3 is 11.5 Å². The first-order valence-electron chi connectivity index (χ1n) is 6.61. The molecule has 0 atom stereocenters. The van der Waals surface area contributed by atoms with E-state index in [9.17, 15) is 0 Å². The van der Waals surface area contributed by atoms with Gasteiger partial charge in [0.25, 0.3) is 0 Å². The van der Waals surface area contributed by atoms with Gasteiger partial charge in [-0.3, -0.25) is 4.57 Å². The second-order valence-corrected chi connectivity index (χ2v) is 5.57. The Morgan fingerprint density at radius 3 is 2.55 bits per heavy atom. The topological polar surface area (TPSA) is 109 Å². The average Bonchev–Trinajstić information content (AvgIpc) is 2.93. The normalized spacial score (nSPS) is 10.8. The SMILES string of the molecule is Cc1ccccc1-n1ccnc1SCc1nc(N)nc(N)n1. The highest BCUT2D eigenvalue weighted by molar-refractivity contribution is 7.98. The lowest BCUT2D eigenvalue weighted by Crippen LogP contribution is -2.06. The summed E-state index contributed by atoms with van der Waals surface area (Å²) in [5, 5.41) is 0.854. The Balaban J connectivity index is 1.83. The Bertz CT molecular complexity index is 779. The zero-order chi connectivity index (χ0) is 15.5. The van der Waals surface area contributed by atoms with Crippen molar-refractivity contribution >= 4 is 23.7 Å². The molecule has 2 heterocycles. The van der Waals surface area contributed by atoms with Gasteiger partial charge in [0.15, 0.2) is 5.16 Å². The number of thioether (sulfide) groups is 1. The van der Waals surface area contributed by atoms with Crippen LogP contribution in [0.2, 0.25) is 0 Å². The highest BCUT2D eigenvalue weighted by Crippen LogP contribution is 2.24. The van der Waals surface area contributed by atoms with Gasteiger partial charge in [0.2, 0.25) is 11.9 Å². The molecule has 7 nitrogen and oxygen atoms in total. The first-order valence-corrected chi connectivity index (χ1v) is 7.60. The molecule has 3 rings (SSSR count). The van der Waals surface area contributed by atoms with E-state index in [0.717, 1.165) is 10.8 Å². The van der Waals surface area contributed by atoms with Gasteiger partial charge in [0, 0.05) is 12.4 Å². The number of nitrogens with two attached hydrogens (primary N) is 2. The van der Waals surface area contributed by atoms with Crippen LogP contribution in [0.1, 0.15) is 11.4 Å². The summed E-state index contributed by atoms with van der Waals surface area (Å²) in [5.41, 5.74) is 13.4. The first-order chi connectivity index (χ1) is 10.6. The van der Waals surface area contributed by atoms with Crippen LogP contribution in [0.25, 0.3) is 5.69 Å². The number of aromatic nitrogens is 5. The van der Waals surface area contributed by atoms with Crippen molar-refractivity contribution in [1.29, 1.82) is 0 Å². The van der Waals surface area contributed by atoms with Crippen molar-refractivity contribution in [3.05, 3.63) is 48.0 Å². The highest BCUT2D eigenvalue weighted by Gasteiger charge is 2.10. The fraction of sp³-hybridized carbons (Fsp3) is 0.143. The van der Waals surface area contributed by atoms with E-state index in [1.165, 1.54) is 17.3 Å². The molecular weight excluding hydrogens is 298 g/mol. The number of benzene rings is 1. The number of hydrogen-bond donors (Lipinski definition) is 2. The molecule has 0 aliphatic heterocycles. The molecule has 0 aliphatic carbocycles. The largest absolute Gasteiger partial charge is 0.368 e. The average molecular weight is 313 g/mol. The number of rotatable bonds is 4. The summed E-state index contributed by atoms with van der Waals surface area (Å²) in [6.07, 6.45) is 3.70. The third kappa shape index (κ3) is 3.01. The Hall–Kier alpha value is -2.61. The second-order valence-electron chi connectivity index (χ2n) is 4.62. The van der Waals surface area contributed by atoms with E-state index in [1.54, 1.807) is 6.20 Å². The predicted molar refractivity (Wildman–Crippen MR) is 86.5 cm³/mol. The molecular formula is C14H15N7S. The van der Waals surface area contributed by atoms with Gasteiger partial charge >= 0.3 is 0 Å². The zero-order valence-corrected chi connectivity index (χ0v) is 12.8. The molecule has 0 spiro atoms. The third-order valence-electron chi connectivity index (χ3n) is 3.03. The van der Waals surface area contributed by atoms with E-state index in [2.05, 4.69) is 39.0 Å². The minimum absolute atomic E-state index is 0.130. The number of aryl methyl sites for hydroxylation is 1. The van der Waals surface area contributed by atoms with Gasteiger partial charge in [-0.1, -0.05) is 30.0 Å². The van der Waals surface area contributed by atoms with Crippen molar-refractivity contribution in [2.24, 2.45) is 0 Å². The minimum atomic E-state index is 0.130. The Morgan fingerprint density at radius 2 is 1.82 bits per heavy atom. The number of para-hydroxylation sites is 1. The molecule has 0 amide bonds. The summed E-state index contributed by atoms with van der Waals surface area (Å²) in [5.74, 6) is 1.31. The van der Waals surface area contributed by atoms with Crippen molar-refractivity contribution < 1.29 is 0 Å². The van der Waals surface area contributed by atoms with Gasteiger partial charge in [-0.25, -0.2) is 4.98 Å². The highest BCUT2D eigenvalue weighted by atomic mass is 32.2. The minimum Gasteiger partial charge on any atom is -0.368 e. The quantitative estimate of drug-likeness (QED) is 0.707. The monoisotopic (exact) mass is 313 g/mol. The van der Waals surface area contributed by atoms with Crippen LogP contribution in [0.5, 0.6) is 0 Å². The van der Waals surface area contributed by atoms with Crippen LogP contribution in [-0.2, 0) is 5.75 Å². The van der Waals surface area contributed by atoms with Crippen LogP contribution in [0, 0.1) is 6.92 Å². The number of nitrogens with zero attached hydrogens (tertiary/aromatic N) is 5.